The standard InChI is InChI=1S/C16H27N5O/c1-10(2)15-18-6-5-13(20-15)9-21-8-12(17)7-14(21)16(22)19-11(3)4/h5-6,10-12,14H,7-9,17H2,1-4H3,(H,19,22)/t12-,14-/m0/s1. The third-order valence-electron chi connectivity index (χ3n) is 3.78. The van der Waals surface area contributed by atoms with E-state index in [1.165, 1.54) is 0 Å². The van der Waals surface area contributed by atoms with Gasteiger partial charge in [-0.05, 0) is 26.3 Å². The summed E-state index contributed by atoms with van der Waals surface area (Å²) in [5.74, 6) is 1.19. The Bertz CT molecular complexity index is 517. The van der Waals surface area contributed by atoms with E-state index < -0.39 is 0 Å². The molecule has 2 heterocycles. The maximum Gasteiger partial charge on any atom is 0.237 e. The van der Waals surface area contributed by atoms with Crippen LogP contribution in [0, 0.1) is 0 Å². The maximum atomic E-state index is 12.3. The molecule has 0 saturated carbocycles. The van der Waals surface area contributed by atoms with Crippen LogP contribution in [0.5, 0.6) is 0 Å². The second-order valence-corrected chi connectivity index (χ2v) is 6.67. The van der Waals surface area contributed by atoms with Crippen molar-refractivity contribution in [2.45, 2.75) is 64.7 Å². The predicted octanol–water partition coefficient (Wildman–Crippen LogP) is 1.03. The van der Waals surface area contributed by atoms with Gasteiger partial charge < -0.3 is 11.1 Å². The smallest absolute Gasteiger partial charge is 0.237 e. The summed E-state index contributed by atoms with van der Waals surface area (Å²) in [5.41, 5.74) is 7.00. The summed E-state index contributed by atoms with van der Waals surface area (Å²) in [4.78, 5) is 23.3. The fourth-order valence-electron chi connectivity index (χ4n) is 2.75. The highest BCUT2D eigenvalue weighted by molar-refractivity contribution is 5.82. The maximum absolute atomic E-state index is 12.3. The molecule has 1 amide bonds. The Balaban J connectivity index is 2.09. The van der Waals surface area contributed by atoms with E-state index in [0.29, 0.717) is 18.9 Å². The number of nitrogens with one attached hydrogen (secondary N) is 1. The van der Waals surface area contributed by atoms with Crippen LogP contribution < -0.4 is 11.1 Å². The summed E-state index contributed by atoms with van der Waals surface area (Å²) in [7, 11) is 0. The number of aromatic nitrogens is 2. The molecule has 122 valence electrons. The number of rotatable bonds is 5. The summed E-state index contributed by atoms with van der Waals surface area (Å²) >= 11 is 0. The molecular formula is C16H27N5O. The number of nitrogens with two attached hydrogens (primary N) is 1. The van der Waals surface area contributed by atoms with Crippen LogP contribution in [0.25, 0.3) is 0 Å². The molecule has 0 aliphatic carbocycles. The molecule has 2 rings (SSSR count). The minimum absolute atomic E-state index is 0.0364. The number of hydrogen-bond acceptors (Lipinski definition) is 5. The van der Waals surface area contributed by atoms with Crippen molar-refractivity contribution in [3.05, 3.63) is 23.8 Å². The van der Waals surface area contributed by atoms with E-state index in [-0.39, 0.29) is 24.0 Å². The van der Waals surface area contributed by atoms with Gasteiger partial charge in [0.05, 0.1) is 11.7 Å². The van der Waals surface area contributed by atoms with Crippen LogP contribution in [0.4, 0.5) is 0 Å². The van der Waals surface area contributed by atoms with Crippen molar-refractivity contribution in [2.75, 3.05) is 6.54 Å². The first-order chi connectivity index (χ1) is 10.4. The van der Waals surface area contributed by atoms with Gasteiger partial charge in [0.25, 0.3) is 0 Å². The predicted molar refractivity (Wildman–Crippen MR) is 86.2 cm³/mol. The molecule has 22 heavy (non-hydrogen) atoms. The molecule has 1 aromatic heterocycles. The van der Waals surface area contributed by atoms with Gasteiger partial charge in [0.1, 0.15) is 5.82 Å². The molecule has 1 aliphatic rings. The van der Waals surface area contributed by atoms with Crippen molar-refractivity contribution in [2.24, 2.45) is 5.73 Å². The van der Waals surface area contributed by atoms with Gasteiger partial charge in [-0.2, -0.15) is 0 Å². The molecule has 0 aromatic carbocycles. The monoisotopic (exact) mass is 305 g/mol. The van der Waals surface area contributed by atoms with Crippen molar-refractivity contribution in [1.29, 1.82) is 0 Å². The zero-order valence-electron chi connectivity index (χ0n) is 13.9. The van der Waals surface area contributed by atoms with Crippen molar-refractivity contribution in [3.8, 4) is 0 Å². The Morgan fingerprint density at radius 1 is 1.45 bits per heavy atom. The Morgan fingerprint density at radius 3 is 2.82 bits per heavy atom. The molecule has 2 atom stereocenters. The lowest BCUT2D eigenvalue weighted by Crippen LogP contribution is -2.45. The molecule has 1 aliphatic heterocycles. The van der Waals surface area contributed by atoms with Gasteiger partial charge in [0.2, 0.25) is 5.91 Å². The third-order valence-corrected chi connectivity index (χ3v) is 3.78. The minimum Gasteiger partial charge on any atom is -0.353 e. The number of carbonyl (C=O) groups is 1. The molecule has 1 saturated heterocycles. The molecule has 1 fully saturated rings. The number of hydrogen-bond donors (Lipinski definition) is 2. The summed E-state index contributed by atoms with van der Waals surface area (Å²) in [6, 6.07) is 1.91. The van der Waals surface area contributed by atoms with E-state index in [2.05, 4.69) is 34.0 Å². The molecule has 1 aromatic rings. The molecule has 0 spiro atoms. The van der Waals surface area contributed by atoms with E-state index in [1.807, 2.05) is 19.9 Å². The Morgan fingerprint density at radius 2 is 2.18 bits per heavy atom. The van der Waals surface area contributed by atoms with Gasteiger partial charge in [-0.25, -0.2) is 9.97 Å². The summed E-state index contributed by atoms with van der Waals surface area (Å²) < 4.78 is 0. The second kappa shape index (κ2) is 7.15. The Hall–Kier alpha value is -1.53. The van der Waals surface area contributed by atoms with Crippen LogP contribution >= 0.6 is 0 Å². The molecule has 6 heteroatoms. The van der Waals surface area contributed by atoms with E-state index in [4.69, 9.17) is 5.73 Å². The highest BCUT2D eigenvalue weighted by Crippen LogP contribution is 2.20. The first kappa shape index (κ1) is 16.8. The van der Waals surface area contributed by atoms with Crippen LogP contribution in [0.15, 0.2) is 12.3 Å². The summed E-state index contributed by atoms with van der Waals surface area (Å²) in [6.45, 7) is 9.43. The minimum atomic E-state index is -0.171. The average Bonchev–Trinajstić information content (AvgIpc) is 2.79. The first-order valence-corrected chi connectivity index (χ1v) is 7.98. The van der Waals surface area contributed by atoms with Gasteiger partial charge in [-0.15, -0.1) is 0 Å². The zero-order chi connectivity index (χ0) is 16.3. The van der Waals surface area contributed by atoms with Crippen molar-refractivity contribution in [3.63, 3.8) is 0 Å². The average molecular weight is 305 g/mol. The first-order valence-electron chi connectivity index (χ1n) is 7.98. The summed E-state index contributed by atoms with van der Waals surface area (Å²) in [5, 5.41) is 2.98. The molecule has 3 N–H and O–H groups in total. The van der Waals surface area contributed by atoms with Crippen LogP contribution in [0.2, 0.25) is 0 Å². The second-order valence-electron chi connectivity index (χ2n) is 6.67. The largest absolute Gasteiger partial charge is 0.353 e. The van der Waals surface area contributed by atoms with Crippen LogP contribution in [-0.4, -0.2) is 45.4 Å². The zero-order valence-corrected chi connectivity index (χ0v) is 13.9. The Labute approximate surface area is 132 Å². The van der Waals surface area contributed by atoms with Gasteiger partial charge in [-0.1, -0.05) is 13.8 Å². The SMILES string of the molecule is CC(C)NC(=O)[C@@H]1C[C@H](N)CN1Cc1ccnc(C(C)C)n1. The number of likely N-dealkylation sites (tertiary alicyclic amines) is 1. The number of amides is 1. The van der Waals surface area contributed by atoms with Gasteiger partial charge in [0.15, 0.2) is 0 Å². The quantitative estimate of drug-likeness (QED) is 0.848. The van der Waals surface area contributed by atoms with Crippen molar-refractivity contribution in [1.82, 2.24) is 20.2 Å². The van der Waals surface area contributed by atoms with E-state index >= 15 is 0 Å². The van der Waals surface area contributed by atoms with E-state index in [1.54, 1.807) is 6.20 Å². The van der Waals surface area contributed by atoms with Crippen LogP contribution in [0.3, 0.4) is 0 Å². The van der Waals surface area contributed by atoms with Gasteiger partial charge >= 0.3 is 0 Å². The fraction of sp³-hybridized carbons (Fsp3) is 0.688. The van der Waals surface area contributed by atoms with Crippen molar-refractivity contribution >= 4 is 5.91 Å². The van der Waals surface area contributed by atoms with Crippen molar-refractivity contribution < 1.29 is 4.79 Å². The summed E-state index contributed by atoms with van der Waals surface area (Å²) in [6.07, 6.45) is 2.48. The molecular weight excluding hydrogens is 278 g/mol. The lowest BCUT2D eigenvalue weighted by atomic mass is 10.1. The van der Waals surface area contributed by atoms with Gasteiger partial charge in [-0.3, -0.25) is 9.69 Å². The van der Waals surface area contributed by atoms with Gasteiger partial charge in [0, 0.05) is 37.3 Å². The van der Waals surface area contributed by atoms with E-state index in [9.17, 15) is 4.79 Å². The Kier molecular flexibility index (Phi) is 5.47. The lowest BCUT2D eigenvalue weighted by molar-refractivity contribution is -0.126. The molecule has 6 nitrogen and oxygen atoms in total. The fourth-order valence-corrected chi connectivity index (χ4v) is 2.75. The number of nitrogens with zero attached hydrogens (tertiary/aromatic N) is 3. The highest BCUT2D eigenvalue weighted by Gasteiger charge is 2.35. The van der Waals surface area contributed by atoms with Crippen LogP contribution in [0.1, 0.15) is 51.6 Å². The lowest BCUT2D eigenvalue weighted by Gasteiger charge is -2.24. The number of carbonyl (C=O) groups excluding carboxylic acids is 1. The van der Waals surface area contributed by atoms with Crippen LogP contribution in [-0.2, 0) is 11.3 Å². The topological polar surface area (TPSA) is 84.1 Å². The molecule has 0 radical (unpaired) electrons. The molecule has 0 unspecified atom stereocenters. The third kappa shape index (κ3) is 4.24. The normalized spacial score (nSPS) is 22.5. The highest BCUT2D eigenvalue weighted by atomic mass is 16.2. The molecule has 0 bridgehead atoms. The van der Waals surface area contributed by atoms with E-state index in [0.717, 1.165) is 18.1 Å².